The number of halogens is 2. The molecule has 0 atom stereocenters. The van der Waals surface area contributed by atoms with Gasteiger partial charge in [0.25, 0.3) is 5.91 Å². The second-order valence-electron chi connectivity index (χ2n) is 4.74. The number of benzene rings is 2. The van der Waals surface area contributed by atoms with Gasteiger partial charge in [0.1, 0.15) is 11.6 Å². The number of nitrogens with zero attached hydrogens (tertiary/aromatic N) is 1. The molecule has 0 aliphatic carbocycles. The lowest BCUT2D eigenvalue weighted by Gasteiger charge is -2.07. The molecule has 1 N–H and O–H groups in total. The molecule has 0 spiro atoms. The van der Waals surface area contributed by atoms with Gasteiger partial charge in [-0.2, -0.15) is 5.10 Å². The van der Waals surface area contributed by atoms with Crippen molar-refractivity contribution in [1.29, 1.82) is 0 Å². The van der Waals surface area contributed by atoms with Crippen molar-refractivity contribution in [2.75, 3.05) is 0 Å². The van der Waals surface area contributed by atoms with Crippen LogP contribution in [0.25, 0.3) is 0 Å². The van der Waals surface area contributed by atoms with Gasteiger partial charge in [-0.1, -0.05) is 37.6 Å². The standard InChI is InChI=1S/C17H16F2N2O/c1-2-5-16(12-8-10-13(18)11-9-12)20-21-17(22)14-6-3-4-7-15(14)19/h3-4,6-11H,2,5H2,1H3,(H,21,22)/b20-16+. The molecule has 22 heavy (non-hydrogen) atoms. The minimum Gasteiger partial charge on any atom is -0.267 e. The van der Waals surface area contributed by atoms with Gasteiger partial charge in [0, 0.05) is 0 Å². The molecule has 2 aromatic rings. The van der Waals surface area contributed by atoms with E-state index in [9.17, 15) is 13.6 Å². The zero-order valence-electron chi connectivity index (χ0n) is 12.1. The van der Waals surface area contributed by atoms with E-state index < -0.39 is 11.7 Å². The van der Waals surface area contributed by atoms with Crippen LogP contribution in [-0.2, 0) is 0 Å². The number of hydrazone groups is 1. The number of amides is 1. The van der Waals surface area contributed by atoms with E-state index in [0.29, 0.717) is 12.1 Å². The van der Waals surface area contributed by atoms with E-state index in [4.69, 9.17) is 0 Å². The van der Waals surface area contributed by atoms with Gasteiger partial charge in [-0.15, -0.1) is 0 Å². The van der Waals surface area contributed by atoms with E-state index in [1.807, 2.05) is 6.92 Å². The van der Waals surface area contributed by atoms with Crippen LogP contribution in [0.15, 0.2) is 53.6 Å². The minimum atomic E-state index is -0.617. The predicted octanol–water partition coefficient (Wildman–Crippen LogP) is 3.90. The lowest BCUT2D eigenvalue weighted by Crippen LogP contribution is -2.21. The van der Waals surface area contributed by atoms with Gasteiger partial charge in [-0.25, -0.2) is 14.2 Å². The second kappa shape index (κ2) is 7.45. The monoisotopic (exact) mass is 302 g/mol. The number of carbonyl (C=O) groups excluding carboxylic acids is 1. The van der Waals surface area contributed by atoms with E-state index in [1.54, 1.807) is 18.2 Å². The average molecular weight is 302 g/mol. The van der Waals surface area contributed by atoms with Gasteiger partial charge < -0.3 is 0 Å². The number of carbonyl (C=O) groups is 1. The largest absolute Gasteiger partial charge is 0.274 e. The zero-order chi connectivity index (χ0) is 15.9. The summed E-state index contributed by atoms with van der Waals surface area (Å²) in [5, 5.41) is 4.06. The Morgan fingerprint density at radius 1 is 1.09 bits per heavy atom. The third kappa shape index (κ3) is 3.97. The quantitative estimate of drug-likeness (QED) is 0.660. The zero-order valence-corrected chi connectivity index (χ0v) is 12.1. The molecular weight excluding hydrogens is 286 g/mol. The normalized spacial score (nSPS) is 11.3. The van der Waals surface area contributed by atoms with Crippen LogP contribution < -0.4 is 5.43 Å². The Bertz CT molecular complexity index is 681. The number of nitrogens with one attached hydrogen (secondary N) is 1. The molecule has 0 heterocycles. The Labute approximate surface area is 127 Å². The Hall–Kier alpha value is -2.56. The van der Waals surface area contributed by atoms with E-state index in [0.717, 1.165) is 12.0 Å². The summed E-state index contributed by atoms with van der Waals surface area (Å²) >= 11 is 0. The summed E-state index contributed by atoms with van der Waals surface area (Å²) in [4.78, 5) is 11.9. The van der Waals surface area contributed by atoms with Crippen molar-refractivity contribution < 1.29 is 13.6 Å². The van der Waals surface area contributed by atoms with Crippen molar-refractivity contribution >= 4 is 11.6 Å². The fraction of sp³-hybridized carbons (Fsp3) is 0.176. The topological polar surface area (TPSA) is 41.5 Å². The maximum Gasteiger partial charge on any atom is 0.274 e. The molecule has 0 aromatic heterocycles. The van der Waals surface area contributed by atoms with Gasteiger partial charge >= 0.3 is 0 Å². The SMILES string of the molecule is CCC/C(=N\NC(=O)c1ccccc1F)c1ccc(F)cc1. The van der Waals surface area contributed by atoms with E-state index in [-0.39, 0.29) is 11.4 Å². The highest BCUT2D eigenvalue weighted by Crippen LogP contribution is 2.09. The second-order valence-corrected chi connectivity index (χ2v) is 4.74. The van der Waals surface area contributed by atoms with Crippen LogP contribution in [0.5, 0.6) is 0 Å². The van der Waals surface area contributed by atoms with Gasteiger partial charge in [-0.3, -0.25) is 4.79 Å². The molecule has 0 aliphatic heterocycles. The molecule has 0 aliphatic rings. The molecular formula is C17H16F2N2O. The van der Waals surface area contributed by atoms with Gasteiger partial charge in [0.05, 0.1) is 11.3 Å². The van der Waals surface area contributed by atoms with Gasteiger partial charge in [0.15, 0.2) is 0 Å². The first-order valence-electron chi connectivity index (χ1n) is 6.99. The fourth-order valence-electron chi connectivity index (χ4n) is 1.97. The fourth-order valence-corrected chi connectivity index (χ4v) is 1.97. The molecule has 2 aromatic carbocycles. The summed E-state index contributed by atoms with van der Waals surface area (Å²) in [5.41, 5.74) is 3.62. The summed E-state index contributed by atoms with van der Waals surface area (Å²) in [5.74, 6) is -1.56. The van der Waals surface area contributed by atoms with E-state index in [2.05, 4.69) is 10.5 Å². The number of hydrogen-bond donors (Lipinski definition) is 1. The van der Waals surface area contributed by atoms with Crippen LogP contribution in [-0.4, -0.2) is 11.6 Å². The van der Waals surface area contributed by atoms with Crippen LogP contribution >= 0.6 is 0 Å². The Morgan fingerprint density at radius 3 is 2.41 bits per heavy atom. The van der Waals surface area contributed by atoms with Gasteiger partial charge in [0.2, 0.25) is 0 Å². The summed E-state index contributed by atoms with van der Waals surface area (Å²) in [6.45, 7) is 1.97. The van der Waals surface area contributed by atoms with Crippen molar-refractivity contribution in [2.24, 2.45) is 5.10 Å². The third-order valence-electron chi connectivity index (χ3n) is 3.08. The first-order valence-corrected chi connectivity index (χ1v) is 6.99. The first kappa shape index (κ1) is 15.8. The van der Waals surface area contributed by atoms with Crippen LogP contribution in [0.3, 0.4) is 0 Å². The summed E-state index contributed by atoms with van der Waals surface area (Å²) in [6.07, 6.45) is 1.43. The molecule has 114 valence electrons. The molecule has 5 heteroatoms. The highest BCUT2D eigenvalue weighted by molar-refractivity contribution is 6.02. The molecule has 3 nitrogen and oxygen atoms in total. The smallest absolute Gasteiger partial charge is 0.267 e. The van der Waals surface area contributed by atoms with E-state index in [1.165, 1.54) is 30.3 Å². The third-order valence-corrected chi connectivity index (χ3v) is 3.08. The highest BCUT2D eigenvalue weighted by Gasteiger charge is 2.11. The van der Waals surface area contributed by atoms with Crippen molar-refractivity contribution in [3.63, 3.8) is 0 Å². The molecule has 0 bridgehead atoms. The molecule has 0 fully saturated rings. The maximum atomic E-state index is 13.5. The van der Waals surface area contributed by atoms with Crippen LogP contribution in [0.1, 0.15) is 35.7 Å². The predicted molar refractivity (Wildman–Crippen MR) is 81.7 cm³/mol. The summed E-state index contributed by atoms with van der Waals surface area (Å²) in [6, 6.07) is 11.5. The van der Waals surface area contributed by atoms with Crippen molar-refractivity contribution in [1.82, 2.24) is 5.43 Å². The van der Waals surface area contributed by atoms with Crippen LogP contribution in [0.2, 0.25) is 0 Å². The summed E-state index contributed by atoms with van der Waals surface area (Å²) in [7, 11) is 0. The van der Waals surface area contributed by atoms with Gasteiger partial charge in [-0.05, 0) is 36.2 Å². The molecule has 1 amide bonds. The number of rotatable bonds is 5. The maximum absolute atomic E-state index is 13.5. The molecule has 0 radical (unpaired) electrons. The Kier molecular flexibility index (Phi) is 5.36. The van der Waals surface area contributed by atoms with Crippen molar-refractivity contribution in [3.05, 3.63) is 71.3 Å². The number of hydrogen-bond acceptors (Lipinski definition) is 2. The summed E-state index contributed by atoms with van der Waals surface area (Å²) < 4.78 is 26.5. The molecule has 0 saturated carbocycles. The minimum absolute atomic E-state index is 0.0683. The Balaban J connectivity index is 2.18. The molecule has 0 saturated heterocycles. The van der Waals surface area contributed by atoms with Crippen LogP contribution in [0, 0.1) is 11.6 Å². The van der Waals surface area contributed by atoms with Crippen molar-refractivity contribution in [3.8, 4) is 0 Å². The first-order chi connectivity index (χ1) is 10.6. The average Bonchev–Trinajstić information content (AvgIpc) is 2.52. The lowest BCUT2D eigenvalue weighted by molar-refractivity contribution is 0.0950. The molecule has 2 rings (SSSR count). The molecule has 0 unspecified atom stereocenters. The van der Waals surface area contributed by atoms with E-state index >= 15 is 0 Å². The lowest BCUT2D eigenvalue weighted by atomic mass is 10.1. The Morgan fingerprint density at radius 2 is 1.77 bits per heavy atom. The van der Waals surface area contributed by atoms with Crippen molar-refractivity contribution in [2.45, 2.75) is 19.8 Å². The van der Waals surface area contributed by atoms with Crippen LogP contribution in [0.4, 0.5) is 8.78 Å². The highest BCUT2D eigenvalue weighted by atomic mass is 19.1.